The Bertz CT molecular complexity index is 1850. The molecule has 39 heavy (non-hydrogen) atoms. The van der Waals surface area contributed by atoms with E-state index in [9.17, 15) is 5.26 Å². The van der Waals surface area contributed by atoms with E-state index in [-0.39, 0.29) is 0 Å². The predicted molar refractivity (Wildman–Crippen MR) is 158 cm³/mol. The average Bonchev–Trinajstić information content (AvgIpc) is 3.47. The molecule has 2 aromatic heterocycles. The second kappa shape index (κ2) is 10.2. The summed E-state index contributed by atoms with van der Waals surface area (Å²) in [4.78, 5) is 10.1. The molecular formula is C34H31N5. The Balaban J connectivity index is 1.41. The molecule has 0 spiro atoms. The number of nitrogens with zero attached hydrogens (tertiary/aromatic N) is 5. The number of para-hydroxylation sites is 2. The Morgan fingerprint density at radius 2 is 1.62 bits per heavy atom. The zero-order chi connectivity index (χ0) is 26.9. The quantitative estimate of drug-likeness (QED) is 0.222. The largest absolute Gasteiger partial charge is 0.327 e. The third-order valence-corrected chi connectivity index (χ3v) is 7.54. The first-order chi connectivity index (χ1) is 19.1. The average molecular weight is 510 g/mol. The molecule has 4 aromatic carbocycles. The van der Waals surface area contributed by atoms with E-state index in [1.807, 2.05) is 24.3 Å². The van der Waals surface area contributed by atoms with Crippen LogP contribution in [0.5, 0.6) is 0 Å². The number of imidazole rings is 2. The fourth-order valence-electron chi connectivity index (χ4n) is 5.58. The molecule has 2 heterocycles. The third kappa shape index (κ3) is 4.49. The monoisotopic (exact) mass is 509 g/mol. The zero-order valence-corrected chi connectivity index (χ0v) is 22.6. The van der Waals surface area contributed by atoms with Crippen molar-refractivity contribution in [3.8, 4) is 28.6 Å². The summed E-state index contributed by atoms with van der Waals surface area (Å²) in [6, 6.07) is 31.9. The van der Waals surface area contributed by atoms with Crippen LogP contribution >= 0.6 is 0 Å². The molecule has 0 aliphatic rings. The number of aromatic nitrogens is 4. The van der Waals surface area contributed by atoms with Crippen LogP contribution in [0, 0.1) is 18.3 Å². The van der Waals surface area contributed by atoms with Gasteiger partial charge in [0.15, 0.2) is 0 Å². The van der Waals surface area contributed by atoms with E-state index < -0.39 is 0 Å². The minimum Gasteiger partial charge on any atom is -0.327 e. The van der Waals surface area contributed by atoms with Gasteiger partial charge in [-0.1, -0.05) is 67.6 Å². The second-order valence-electron chi connectivity index (χ2n) is 10.2. The van der Waals surface area contributed by atoms with Crippen molar-refractivity contribution in [2.45, 2.75) is 39.7 Å². The van der Waals surface area contributed by atoms with Crippen molar-refractivity contribution < 1.29 is 0 Å². The van der Waals surface area contributed by atoms with Gasteiger partial charge in [0.05, 0.1) is 34.6 Å². The smallest absolute Gasteiger partial charge is 0.140 e. The number of nitriles is 1. The number of benzene rings is 4. The molecule has 0 radical (unpaired) electrons. The molecule has 0 unspecified atom stereocenters. The van der Waals surface area contributed by atoms with Gasteiger partial charge in [0, 0.05) is 25.6 Å². The lowest BCUT2D eigenvalue weighted by atomic mass is 9.97. The van der Waals surface area contributed by atoms with Crippen LogP contribution in [0.15, 0.2) is 84.9 Å². The lowest BCUT2D eigenvalue weighted by molar-refractivity contribution is 0.722. The van der Waals surface area contributed by atoms with Gasteiger partial charge in [-0.2, -0.15) is 5.26 Å². The summed E-state index contributed by atoms with van der Waals surface area (Å²) in [5.74, 6) is 2.08. The Morgan fingerprint density at radius 1 is 0.846 bits per heavy atom. The van der Waals surface area contributed by atoms with E-state index in [1.54, 1.807) is 0 Å². The van der Waals surface area contributed by atoms with Crippen LogP contribution in [-0.2, 0) is 26.4 Å². The summed E-state index contributed by atoms with van der Waals surface area (Å²) in [5.41, 5.74) is 11.1. The fourth-order valence-corrected chi connectivity index (χ4v) is 5.58. The fraction of sp³-hybridized carbons (Fsp3) is 0.206. The van der Waals surface area contributed by atoms with Crippen LogP contribution in [0.1, 0.15) is 35.9 Å². The van der Waals surface area contributed by atoms with Crippen LogP contribution in [-0.4, -0.2) is 19.1 Å². The predicted octanol–water partition coefficient (Wildman–Crippen LogP) is 7.63. The molecule has 0 atom stereocenters. The molecule has 0 aliphatic heterocycles. The first kappa shape index (κ1) is 24.6. The van der Waals surface area contributed by atoms with Crippen LogP contribution in [0.25, 0.3) is 44.6 Å². The van der Waals surface area contributed by atoms with E-state index in [2.05, 4.69) is 96.8 Å². The molecule has 0 N–H and O–H groups in total. The number of aryl methyl sites for hydroxylation is 3. The Morgan fingerprint density at radius 3 is 2.38 bits per heavy atom. The number of fused-ring (bicyclic) bond motifs is 2. The number of hydrogen-bond acceptors (Lipinski definition) is 3. The van der Waals surface area contributed by atoms with Crippen LogP contribution < -0.4 is 0 Å². The maximum absolute atomic E-state index is 9.23. The van der Waals surface area contributed by atoms with E-state index in [0.717, 1.165) is 80.9 Å². The van der Waals surface area contributed by atoms with Crippen molar-refractivity contribution in [3.63, 3.8) is 0 Å². The van der Waals surface area contributed by atoms with Gasteiger partial charge in [0.1, 0.15) is 11.6 Å². The van der Waals surface area contributed by atoms with Gasteiger partial charge >= 0.3 is 0 Å². The van der Waals surface area contributed by atoms with Gasteiger partial charge in [0.2, 0.25) is 0 Å². The Kier molecular flexibility index (Phi) is 6.46. The molecule has 5 heteroatoms. The highest BCUT2D eigenvalue weighted by molar-refractivity contribution is 5.87. The van der Waals surface area contributed by atoms with Gasteiger partial charge in [-0.05, 0) is 65.4 Å². The summed E-state index contributed by atoms with van der Waals surface area (Å²) >= 11 is 0. The molecule has 0 amide bonds. The number of hydrogen-bond donors (Lipinski definition) is 0. The Hall–Kier alpha value is -4.69. The highest BCUT2D eigenvalue weighted by Crippen LogP contribution is 2.31. The standard InChI is InChI=1S/C34H31N5/c1-4-9-32-37-33-23(2)20-27(34-36-29-12-7-8-13-30(29)38(34)3)21-31(33)39(32)22-24-14-16-26(17-15-24)28-11-6-5-10-25(28)18-19-35/h5-8,10-17,20-21H,4,9,18,22H2,1-3H3. The Labute approximate surface area is 229 Å². The first-order valence-corrected chi connectivity index (χ1v) is 13.5. The topological polar surface area (TPSA) is 59.4 Å². The molecule has 6 rings (SSSR count). The van der Waals surface area contributed by atoms with Crippen LogP contribution in [0.3, 0.4) is 0 Å². The molecule has 6 aromatic rings. The summed E-state index contributed by atoms with van der Waals surface area (Å²) in [6.07, 6.45) is 2.37. The minimum absolute atomic E-state index is 0.409. The van der Waals surface area contributed by atoms with Crippen molar-refractivity contribution in [2.24, 2.45) is 7.05 Å². The van der Waals surface area contributed by atoms with Crippen molar-refractivity contribution in [1.82, 2.24) is 19.1 Å². The lowest BCUT2D eigenvalue weighted by Crippen LogP contribution is -2.05. The third-order valence-electron chi connectivity index (χ3n) is 7.54. The van der Waals surface area contributed by atoms with Gasteiger partial charge in [-0.25, -0.2) is 9.97 Å². The highest BCUT2D eigenvalue weighted by atomic mass is 15.1. The van der Waals surface area contributed by atoms with E-state index >= 15 is 0 Å². The molecule has 0 saturated carbocycles. The molecule has 0 fully saturated rings. The van der Waals surface area contributed by atoms with E-state index in [1.165, 1.54) is 5.56 Å². The maximum atomic E-state index is 9.23. The van der Waals surface area contributed by atoms with E-state index in [4.69, 9.17) is 9.97 Å². The van der Waals surface area contributed by atoms with Crippen molar-refractivity contribution in [2.75, 3.05) is 0 Å². The normalized spacial score (nSPS) is 11.3. The van der Waals surface area contributed by atoms with E-state index in [0.29, 0.717) is 6.42 Å². The van der Waals surface area contributed by atoms with Gasteiger partial charge in [-0.3, -0.25) is 0 Å². The van der Waals surface area contributed by atoms with Crippen molar-refractivity contribution >= 4 is 22.1 Å². The maximum Gasteiger partial charge on any atom is 0.140 e. The van der Waals surface area contributed by atoms with Gasteiger partial charge in [-0.15, -0.1) is 0 Å². The highest BCUT2D eigenvalue weighted by Gasteiger charge is 2.17. The number of rotatable bonds is 7. The molecule has 5 nitrogen and oxygen atoms in total. The van der Waals surface area contributed by atoms with Gasteiger partial charge in [0.25, 0.3) is 0 Å². The molecule has 0 saturated heterocycles. The second-order valence-corrected chi connectivity index (χ2v) is 10.2. The van der Waals surface area contributed by atoms with Crippen LogP contribution in [0.2, 0.25) is 0 Å². The zero-order valence-electron chi connectivity index (χ0n) is 22.6. The molecule has 0 bridgehead atoms. The summed E-state index contributed by atoms with van der Waals surface area (Å²) in [5, 5.41) is 9.23. The summed E-state index contributed by atoms with van der Waals surface area (Å²) in [7, 11) is 2.08. The van der Waals surface area contributed by atoms with Crippen molar-refractivity contribution in [3.05, 3.63) is 107 Å². The van der Waals surface area contributed by atoms with Crippen molar-refractivity contribution in [1.29, 1.82) is 5.26 Å². The molecule has 0 aliphatic carbocycles. The summed E-state index contributed by atoms with van der Waals surface area (Å²) in [6.45, 7) is 5.10. The van der Waals surface area contributed by atoms with Gasteiger partial charge < -0.3 is 9.13 Å². The van der Waals surface area contributed by atoms with Crippen LogP contribution in [0.4, 0.5) is 0 Å². The summed E-state index contributed by atoms with van der Waals surface area (Å²) < 4.78 is 4.54. The lowest BCUT2D eigenvalue weighted by Gasteiger charge is -2.12. The molecule has 192 valence electrons. The molecular weight excluding hydrogens is 478 g/mol. The SMILES string of the molecule is CCCc1nc2c(C)cc(-c3nc4ccccc4n3C)cc2n1Cc1ccc(-c2ccccc2CC#N)cc1. The first-order valence-electron chi connectivity index (χ1n) is 13.5. The minimum atomic E-state index is 0.409.